The normalized spacial score (nSPS) is 16.8. The quantitative estimate of drug-likeness (QED) is 0.743. The summed E-state index contributed by atoms with van der Waals surface area (Å²) in [6.07, 6.45) is 0. The summed E-state index contributed by atoms with van der Waals surface area (Å²) in [6.45, 7) is 1.57. The van der Waals surface area contributed by atoms with Gasteiger partial charge < -0.3 is 9.84 Å². The first-order valence-electron chi connectivity index (χ1n) is 7.67. The number of nitrogens with zero attached hydrogens (tertiary/aromatic N) is 2. The number of carbonyl (C=O) groups is 1. The van der Waals surface area contributed by atoms with Gasteiger partial charge in [-0.25, -0.2) is 4.98 Å². The average Bonchev–Trinajstić information content (AvgIpc) is 3.23. The molecule has 0 bridgehead atoms. The fourth-order valence-electron chi connectivity index (χ4n) is 2.41. The Morgan fingerprint density at radius 3 is 2.68 bits per heavy atom. The number of Topliss-reactive ketones (excluding diaryl/α,β-unsaturated/α-hetero) is 1. The largest absolute Gasteiger partial charge is 0.508 e. The third kappa shape index (κ3) is 3.38. The van der Waals surface area contributed by atoms with E-state index in [1.54, 1.807) is 54.3 Å². The summed E-state index contributed by atoms with van der Waals surface area (Å²) in [5.41, 5.74) is 0.882. The maximum absolute atomic E-state index is 11.5. The first kappa shape index (κ1) is 16.1. The van der Waals surface area contributed by atoms with Gasteiger partial charge in [-0.3, -0.25) is 9.79 Å². The van der Waals surface area contributed by atoms with Gasteiger partial charge in [0.2, 0.25) is 0 Å². The number of hydrogen-bond acceptors (Lipinski definition) is 7. The number of rotatable bonds is 4. The van der Waals surface area contributed by atoms with Gasteiger partial charge in [0, 0.05) is 11.8 Å². The second kappa shape index (κ2) is 6.50. The maximum atomic E-state index is 11.5. The Kier molecular flexibility index (Phi) is 4.19. The number of thiazole rings is 1. The predicted molar refractivity (Wildman–Crippen MR) is 101 cm³/mol. The average molecular weight is 370 g/mol. The number of ether oxygens (including phenoxy) is 1. The lowest BCUT2D eigenvalue weighted by atomic mass is 10.2. The zero-order valence-corrected chi connectivity index (χ0v) is 14.9. The molecule has 2 aromatic carbocycles. The highest BCUT2D eigenvalue weighted by atomic mass is 32.2. The van der Waals surface area contributed by atoms with Gasteiger partial charge in [-0.15, -0.1) is 23.1 Å². The van der Waals surface area contributed by atoms with Crippen LogP contribution in [0.2, 0.25) is 0 Å². The van der Waals surface area contributed by atoms with E-state index in [1.165, 1.54) is 0 Å². The minimum Gasteiger partial charge on any atom is -0.508 e. The van der Waals surface area contributed by atoms with Gasteiger partial charge in [0.25, 0.3) is 0 Å². The number of carbonyl (C=O) groups excluding carboxylic acids is 1. The number of phenolic OH excluding ortho intramolecular Hbond substituents is 1. The number of phenols is 1. The van der Waals surface area contributed by atoms with E-state index in [2.05, 4.69) is 9.98 Å². The topological polar surface area (TPSA) is 71.8 Å². The third-order valence-corrected chi connectivity index (χ3v) is 5.94. The summed E-state index contributed by atoms with van der Waals surface area (Å²) in [4.78, 5) is 20.6. The molecular formula is C18H14N2O3S2. The van der Waals surface area contributed by atoms with Crippen molar-refractivity contribution in [2.75, 3.05) is 5.75 Å². The minimum atomic E-state index is -0.250. The lowest BCUT2D eigenvalue weighted by Gasteiger charge is -2.05. The summed E-state index contributed by atoms with van der Waals surface area (Å²) in [5.74, 6) is 2.34. The zero-order chi connectivity index (χ0) is 17.4. The molecule has 0 aliphatic carbocycles. The second-order valence-corrected chi connectivity index (χ2v) is 7.66. The van der Waals surface area contributed by atoms with Crippen molar-refractivity contribution in [1.82, 2.24) is 4.98 Å². The number of aromatic hydroxyl groups is 1. The molecule has 0 radical (unpaired) electrons. The van der Waals surface area contributed by atoms with Crippen LogP contribution in [0.1, 0.15) is 11.9 Å². The molecule has 1 aromatic heterocycles. The Morgan fingerprint density at radius 1 is 1.20 bits per heavy atom. The van der Waals surface area contributed by atoms with Gasteiger partial charge in [-0.1, -0.05) is 0 Å². The van der Waals surface area contributed by atoms with Crippen LogP contribution in [-0.2, 0) is 4.79 Å². The van der Waals surface area contributed by atoms with Crippen molar-refractivity contribution in [3.8, 4) is 17.2 Å². The van der Waals surface area contributed by atoms with Crippen LogP contribution in [0.4, 0.5) is 0 Å². The lowest BCUT2D eigenvalue weighted by Crippen LogP contribution is -2.14. The van der Waals surface area contributed by atoms with E-state index in [4.69, 9.17) is 4.74 Å². The molecule has 25 heavy (non-hydrogen) atoms. The molecule has 3 aromatic rings. The van der Waals surface area contributed by atoms with Crippen LogP contribution >= 0.6 is 23.1 Å². The molecule has 0 saturated carbocycles. The van der Waals surface area contributed by atoms with Gasteiger partial charge in [-0.05, 0) is 43.3 Å². The fraction of sp³-hybridized carbons (Fsp3) is 0.167. The van der Waals surface area contributed by atoms with Crippen LogP contribution < -0.4 is 4.74 Å². The van der Waals surface area contributed by atoms with E-state index in [0.29, 0.717) is 17.3 Å². The molecule has 1 aliphatic heterocycles. The molecule has 4 rings (SSSR count). The number of aliphatic imine (C=N–C) groups is 1. The van der Waals surface area contributed by atoms with Crippen LogP contribution in [0.15, 0.2) is 47.5 Å². The summed E-state index contributed by atoms with van der Waals surface area (Å²) < 4.78 is 6.81. The second-order valence-electron chi connectivity index (χ2n) is 5.62. The molecule has 1 atom stereocenters. The highest BCUT2D eigenvalue weighted by Crippen LogP contribution is 2.33. The lowest BCUT2D eigenvalue weighted by molar-refractivity contribution is -0.117. The molecular weight excluding hydrogens is 356 g/mol. The number of ketones is 1. The van der Waals surface area contributed by atoms with Crippen LogP contribution in [0.25, 0.3) is 10.2 Å². The summed E-state index contributed by atoms with van der Waals surface area (Å²) >= 11 is 3.12. The first-order valence-corrected chi connectivity index (χ1v) is 9.47. The smallest absolute Gasteiger partial charge is 0.155 e. The Morgan fingerprint density at radius 2 is 1.96 bits per heavy atom. The summed E-state index contributed by atoms with van der Waals surface area (Å²) in [7, 11) is 0. The predicted octanol–water partition coefficient (Wildman–Crippen LogP) is 4.25. The molecule has 0 spiro atoms. The van der Waals surface area contributed by atoms with Gasteiger partial charge in [0.05, 0.1) is 10.2 Å². The Bertz CT molecular complexity index is 980. The summed E-state index contributed by atoms with van der Waals surface area (Å²) in [5, 5.41) is 11.0. The van der Waals surface area contributed by atoms with E-state index < -0.39 is 0 Å². The molecule has 0 saturated heterocycles. The molecule has 1 N–H and O–H groups in total. The highest BCUT2D eigenvalue weighted by molar-refractivity contribution is 8.15. The molecule has 2 heterocycles. The monoisotopic (exact) mass is 370 g/mol. The van der Waals surface area contributed by atoms with E-state index in [9.17, 15) is 9.90 Å². The number of thioether (sulfide) groups is 1. The number of fused-ring (bicyclic) bond motifs is 1. The van der Waals surface area contributed by atoms with E-state index in [-0.39, 0.29) is 17.6 Å². The Labute approximate surface area is 152 Å². The van der Waals surface area contributed by atoms with Crippen molar-refractivity contribution in [3.63, 3.8) is 0 Å². The highest BCUT2D eigenvalue weighted by Gasteiger charge is 2.24. The van der Waals surface area contributed by atoms with Crippen LogP contribution in [-0.4, -0.2) is 32.7 Å². The fourth-order valence-corrected chi connectivity index (χ4v) is 4.59. The van der Waals surface area contributed by atoms with Crippen molar-refractivity contribution < 1.29 is 14.6 Å². The molecule has 1 aliphatic rings. The molecule has 7 heteroatoms. The van der Waals surface area contributed by atoms with Crippen molar-refractivity contribution in [3.05, 3.63) is 47.5 Å². The van der Waals surface area contributed by atoms with Gasteiger partial charge in [0.1, 0.15) is 33.3 Å². The van der Waals surface area contributed by atoms with E-state index in [0.717, 1.165) is 20.3 Å². The first-order chi connectivity index (χ1) is 12.1. The van der Waals surface area contributed by atoms with E-state index in [1.807, 2.05) is 18.2 Å². The molecule has 1 unspecified atom stereocenters. The third-order valence-electron chi connectivity index (χ3n) is 3.74. The van der Waals surface area contributed by atoms with Crippen molar-refractivity contribution in [2.24, 2.45) is 4.99 Å². The SMILES string of the molecule is CC(=O)C1CSC(c2nc3ccc(Oc4ccc(O)cc4)cc3s2)=N1. The van der Waals surface area contributed by atoms with Crippen LogP contribution in [0.3, 0.4) is 0 Å². The van der Waals surface area contributed by atoms with Crippen molar-refractivity contribution in [1.29, 1.82) is 0 Å². The molecule has 0 amide bonds. The summed E-state index contributed by atoms with van der Waals surface area (Å²) in [6, 6.07) is 12.0. The Balaban J connectivity index is 1.60. The maximum Gasteiger partial charge on any atom is 0.155 e. The molecule has 126 valence electrons. The molecule has 0 fully saturated rings. The standard InChI is InChI=1S/C18H14N2O3S2/c1-10(21)15-9-24-17(20-15)18-19-14-7-6-13(8-16(14)25-18)23-12-4-2-11(22)3-5-12/h2-8,15,22H,9H2,1H3. The number of aromatic nitrogens is 1. The zero-order valence-electron chi connectivity index (χ0n) is 13.3. The molecule has 5 nitrogen and oxygen atoms in total. The number of hydrogen-bond donors (Lipinski definition) is 1. The van der Waals surface area contributed by atoms with Gasteiger partial charge in [0.15, 0.2) is 5.78 Å². The van der Waals surface area contributed by atoms with E-state index >= 15 is 0 Å². The Hall–Kier alpha value is -2.38. The van der Waals surface area contributed by atoms with Crippen molar-refractivity contribution in [2.45, 2.75) is 13.0 Å². The minimum absolute atomic E-state index is 0.0909. The van der Waals surface area contributed by atoms with Crippen LogP contribution in [0.5, 0.6) is 17.2 Å². The van der Waals surface area contributed by atoms with Crippen molar-refractivity contribution >= 4 is 44.1 Å². The van der Waals surface area contributed by atoms with Gasteiger partial charge >= 0.3 is 0 Å². The number of benzene rings is 2. The van der Waals surface area contributed by atoms with Crippen LogP contribution in [0, 0.1) is 0 Å². The van der Waals surface area contributed by atoms with Gasteiger partial charge in [-0.2, -0.15) is 0 Å².